The average molecular weight is 228 g/mol. The molecule has 1 amide bonds. The van der Waals surface area contributed by atoms with Gasteiger partial charge in [0.05, 0.1) is 12.6 Å². The Morgan fingerprint density at radius 1 is 1.50 bits per heavy atom. The van der Waals surface area contributed by atoms with Crippen LogP contribution in [0.25, 0.3) is 0 Å². The number of amides is 1. The number of rotatable bonds is 5. The van der Waals surface area contributed by atoms with Gasteiger partial charge in [-0.3, -0.25) is 4.79 Å². The summed E-state index contributed by atoms with van der Waals surface area (Å²) in [4.78, 5) is 13.4. The van der Waals surface area contributed by atoms with Crippen molar-refractivity contribution in [2.24, 2.45) is 5.92 Å². The van der Waals surface area contributed by atoms with Crippen molar-refractivity contribution in [1.29, 1.82) is 0 Å². The van der Waals surface area contributed by atoms with Crippen molar-refractivity contribution in [3.8, 4) is 0 Å². The smallest absolute Gasteiger partial charge is 0.236 e. The van der Waals surface area contributed by atoms with E-state index in [9.17, 15) is 9.90 Å². The molecule has 2 N–H and O–H groups in total. The Hall–Kier alpha value is -0.610. The van der Waals surface area contributed by atoms with Gasteiger partial charge in [-0.25, -0.2) is 0 Å². The van der Waals surface area contributed by atoms with E-state index in [0.29, 0.717) is 12.5 Å². The summed E-state index contributed by atoms with van der Waals surface area (Å²) < 4.78 is 0. The first-order valence-corrected chi connectivity index (χ1v) is 6.16. The van der Waals surface area contributed by atoms with E-state index < -0.39 is 0 Å². The van der Waals surface area contributed by atoms with Gasteiger partial charge in [0.2, 0.25) is 5.91 Å². The fourth-order valence-corrected chi connectivity index (χ4v) is 2.03. The summed E-state index contributed by atoms with van der Waals surface area (Å²) in [6.45, 7) is 5.12. The number of carbonyl (C=O) groups is 1. The lowest BCUT2D eigenvalue weighted by molar-refractivity contribution is -0.130. The number of hydrogen-bond acceptors (Lipinski definition) is 3. The quantitative estimate of drug-likeness (QED) is 0.724. The first kappa shape index (κ1) is 13.5. The Balaban J connectivity index is 2.17. The molecule has 2 unspecified atom stereocenters. The van der Waals surface area contributed by atoms with Crippen molar-refractivity contribution < 1.29 is 9.90 Å². The maximum absolute atomic E-state index is 11.6. The molecule has 0 spiro atoms. The Kier molecular flexibility index (Phi) is 5.22. The molecule has 0 aliphatic heterocycles. The molecular formula is C12H24N2O2. The first-order valence-electron chi connectivity index (χ1n) is 6.16. The predicted molar refractivity (Wildman–Crippen MR) is 64.1 cm³/mol. The molecule has 1 fully saturated rings. The largest absolute Gasteiger partial charge is 0.393 e. The van der Waals surface area contributed by atoms with Crippen LogP contribution in [0.5, 0.6) is 0 Å². The zero-order chi connectivity index (χ0) is 12.1. The Bertz CT molecular complexity index is 231. The minimum Gasteiger partial charge on any atom is -0.393 e. The van der Waals surface area contributed by atoms with Crippen molar-refractivity contribution in [2.45, 2.75) is 45.3 Å². The number of carbonyl (C=O) groups excluding carboxylic acids is 1. The van der Waals surface area contributed by atoms with E-state index >= 15 is 0 Å². The third kappa shape index (κ3) is 3.76. The van der Waals surface area contributed by atoms with Gasteiger partial charge >= 0.3 is 0 Å². The molecule has 0 radical (unpaired) electrons. The average Bonchev–Trinajstić information content (AvgIpc) is 2.63. The molecule has 1 aliphatic carbocycles. The highest BCUT2D eigenvalue weighted by Crippen LogP contribution is 2.24. The van der Waals surface area contributed by atoms with Crippen LogP contribution in [0.2, 0.25) is 0 Å². The normalized spacial score (nSPS) is 25.1. The number of likely N-dealkylation sites (N-methyl/N-ethyl adjacent to an activating group) is 1. The lowest BCUT2D eigenvalue weighted by atomic mass is 10.1. The lowest BCUT2D eigenvalue weighted by Gasteiger charge is -2.22. The molecule has 1 aliphatic rings. The predicted octanol–water partition coefficient (Wildman–Crippen LogP) is 0.604. The summed E-state index contributed by atoms with van der Waals surface area (Å²) in [5, 5.41) is 12.8. The van der Waals surface area contributed by atoms with Crippen LogP contribution in [0.15, 0.2) is 0 Å². The molecule has 1 saturated carbocycles. The monoisotopic (exact) mass is 228 g/mol. The van der Waals surface area contributed by atoms with Crippen LogP contribution in [0.3, 0.4) is 0 Å². The summed E-state index contributed by atoms with van der Waals surface area (Å²) in [6.07, 6.45) is 2.91. The molecule has 0 aromatic carbocycles. The van der Waals surface area contributed by atoms with Crippen LogP contribution in [-0.2, 0) is 4.79 Å². The molecule has 94 valence electrons. The van der Waals surface area contributed by atoms with Crippen molar-refractivity contribution in [1.82, 2.24) is 10.2 Å². The second-order valence-corrected chi connectivity index (χ2v) is 4.99. The van der Waals surface area contributed by atoms with Crippen LogP contribution in [0, 0.1) is 5.92 Å². The molecule has 0 saturated heterocycles. The molecule has 16 heavy (non-hydrogen) atoms. The van der Waals surface area contributed by atoms with E-state index in [4.69, 9.17) is 0 Å². The molecule has 0 aromatic rings. The van der Waals surface area contributed by atoms with Crippen LogP contribution >= 0.6 is 0 Å². The Morgan fingerprint density at radius 2 is 2.19 bits per heavy atom. The minimum atomic E-state index is -0.176. The Labute approximate surface area is 98.0 Å². The number of aliphatic hydroxyl groups excluding tert-OH is 1. The standard InChI is InChI=1S/C12H24N2O2/c1-9(2)14(3)12(16)8-13-7-10-5-4-6-11(10)15/h9-11,13,15H,4-8H2,1-3H3. The molecule has 0 heterocycles. The van der Waals surface area contributed by atoms with Gasteiger partial charge in [-0.2, -0.15) is 0 Å². The van der Waals surface area contributed by atoms with E-state index in [1.165, 1.54) is 0 Å². The van der Waals surface area contributed by atoms with E-state index in [0.717, 1.165) is 25.8 Å². The fraction of sp³-hybridized carbons (Fsp3) is 0.917. The maximum Gasteiger partial charge on any atom is 0.236 e. The third-order valence-electron chi connectivity index (χ3n) is 3.47. The van der Waals surface area contributed by atoms with E-state index in [1.54, 1.807) is 4.90 Å². The summed E-state index contributed by atoms with van der Waals surface area (Å²) in [5.41, 5.74) is 0. The zero-order valence-corrected chi connectivity index (χ0v) is 10.6. The SMILES string of the molecule is CC(C)N(C)C(=O)CNCC1CCCC1O. The topological polar surface area (TPSA) is 52.6 Å². The molecule has 1 rings (SSSR count). The van der Waals surface area contributed by atoms with Crippen molar-refractivity contribution >= 4 is 5.91 Å². The van der Waals surface area contributed by atoms with Crippen LogP contribution < -0.4 is 5.32 Å². The maximum atomic E-state index is 11.6. The molecule has 4 nitrogen and oxygen atoms in total. The highest BCUT2D eigenvalue weighted by molar-refractivity contribution is 5.78. The highest BCUT2D eigenvalue weighted by Gasteiger charge is 2.24. The summed E-state index contributed by atoms with van der Waals surface area (Å²) in [7, 11) is 1.82. The second kappa shape index (κ2) is 6.21. The van der Waals surface area contributed by atoms with E-state index in [2.05, 4.69) is 5.32 Å². The first-order chi connectivity index (χ1) is 7.52. The van der Waals surface area contributed by atoms with Crippen molar-refractivity contribution in [3.63, 3.8) is 0 Å². The van der Waals surface area contributed by atoms with Crippen LogP contribution in [0.4, 0.5) is 0 Å². The summed E-state index contributed by atoms with van der Waals surface area (Å²) in [5.74, 6) is 0.444. The minimum absolute atomic E-state index is 0.113. The zero-order valence-electron chi connectivity index (χ0n) is 10.6. The van der Waals surface area contributed by atoms with Gasteiger partial charge in [-0.1, -0.05) is 6.42 Å². The van der Waals surface area contributed by atoms with Crippen molar-refractivity contribution in [3.05, 3.63) is 0 Å². The lowest BCUT2D eigenvalue weighted by Crippen LogP contribution is -2.41. The molecule has 2 atom stereocenters. The van der Waals surface area contributed by atoms with Gasteiger partial charge in [0, 0.05) is 19.6 Å². The molecular weight excluding hydrogens is 204 g/mol. The number of nitrogens with zero attached hydrogens (tertiary/aromatic N) is 1. The summed E-state index contributed by atoms with van der Waals surface area (Å²) in [6, 6.07) is 0.242. The van der Waals surface area contributed by atoms with Gasteiger partial charge < -0.3 is 15.3 Å². The van der Waals surface area contributed by atoms with E-state index in [1.807, 2.05) is 20.9 Å². The molecule has 0 aromatic heterocycles. The van der Waals surface area contributed by atoms with Gasteiger partial charge in [-0.05, 0) is 32.6 Å². The third-order valence-corrected chi connectivity index (χ3v) is 3.47. The van der Waals surface area contributed by atoms with Gasteiger partial charge in [0.1, 0.15) is 0 Å². The van der Waals surface area contributed by atoms with Gasteiger partial charge in [-0.15, -0.1) is 0 Å². The van der Waals surface area contributed by atoms with Crippen LogP contribution in [-0.4, -0.2) is 48.2 Å². The van der Waals surface area contributed by atoms with Crippen molar-refractivity contribution in [2.75, 3.05) is 20.1 Å². The number of aliphatic hydroxyl groups is 1. The van der Waals surface area contributed by atoms with Gasteiger partial charge in [0.25, 0.3) is 0 Å². The van der Waals surface area contributed by atoms with Crippen LogP contribution in [0.1, 0.15) is 33.1 Å². The Morgan fingerprint density at radius 3 is 2.69 bits per heavy atom. The summed E-state index contributed by atoms with van der Waals surface area (Å²) >= 11 is 0. The molecule has 4 heteroatoms. The van der Waals surface area contributed by atoms with E-state index in [-0.39, 0.29) is 18.1 Å². The van der Waals surface area contributed by atoms with Gasteiger partial charge in [0.15, 0.2) is 0 Å². The fourth-order valence-electron chi connectivity index (χ4n) is 2.03. The molecule has 0 bridgehead atoms. The number of nitrogens with one attached hydrogen (secondary N) is 1. The highest BCUT2D eigenvalue weighted by atomic mass is 16.3. The number of hydrogen-bond donors (Lipinski definition) is 2. The second-order valence-electron chi connectivity index (χ2n) is 4.99.